The lowest BCUT2D eigenvalue weighted by molar-refractivity contribution is -0.116. The van der Waals surface area contributed by atoms with Crippen molar-refractivity contribution in [3.05, 3.63) is 71.8 Å². The fraction of sp³-hybridized carbons (Fsp3) is 0.190. The monoisotopic (exact) mass is 318 g/mol. The number of fused-ring (bicyclic) bond motifs is 1. The Kier molecular flexibility index (Phi) is 4.52. The van der Waals surface area contributed by atoms with Crippen LogP contribution in [0.2, 0.25) is 0 Å². The van der Waals surface area contributed by atoms with E-state index in [0.717, 1.165) is 22.1 Å². The molecule has 0 unspecified atom stereocenters. The average molecular weight is 318 g/mol. The fourth-order valence-corrected chi connectivity index (χ4v) is 2.66. The quantitative estimate of drug-likeness (QED) is 0.718. The third kappa shape index (κ3) is 3.57. The summed E-state index contributed by atoms with van der Waals surface area (Å²) >= 11 is 0. The van der Waals surface area contributed by atoms with E-state index in [0.29, 0.717) is 0 Å². The minimum absolute atomic E-state index is 0.0523. The molecule has 0 aliphatic heterocycles. The molecule has 1 amide bonds. The van der Waals surface area contributed by atoms with Gasteiger partial charge in [0.15, 0.2) is 0 Å². The summed E-state index contributed by atoms with van der Waals surface area (Å²) in [7, 11) is 0. The Labute approximate surface area is 142 Å². The van der Waals surface area contributed by atoms with Crippen LogP contribution >= 0.6 is 0 Å². The van der Waals surface area contributed by atoms with Gasteiger partial charge in [-0.25, -0.2) is 0 Å². The maximum atomic E-state index is 12.4. The molecule has 0 radical (unpaired) electrons. The van der Waals surface area contributed by atoms with Crippen molar-refractivity contribution in [1.82, 2.24) is 0 Å². The van der Waals surface area contributed by atoms with Gasteiger partial charge in [0.25, 0.3) is 0 Å². The summed E-state index contributed by atoms with van der Waals surface area (Å²) < 4.78 is 0. The zero-order valence-corrected chi connectivity index (χ0v) is 14.3. The molecule has 0 heterocycles. The predicted molar refractivity (Wildman–Crippen MR) is 102 cm³/mol. The lowest BCUT2D eigenvalue weighted by Gasteiger charge is -2.16. The first-order chi connectivity index (χ1) is 11.5. The molecular formula is C21H22N2O. The van der Waals surface area contributed by atoms with Gasteiger partial charge in [-0.3, -0.25) is 4.79 Å². The normalized spacial score (nSPS) is 12.0. The third-order valence-electron chi connectivity index (χ3n) is 4.30. The van der Waals surface area contributed by atoms with E-state index >= 15 is 0 Å². The highest BCUT2D eigenvalue weighted by atomic mass is 16.2. The summed E-state index contributed by atoms with van der Waals surface area (Å²) in [5.74, 6) is -0.0523. The van der Waals surface area contributed by atoms with Gasteiger partial charge in [-0.05, 0) is 66.9 Å². The molecule has 3 rings (SSSR count). The molecule has 3 nitrogen and oxygen atoms in total. The summed E-state index contributed by atoms with van der Waals surface area (Å²) in [4.78, 5) is 12.4. The molecule has 0 bridgehead atoms. The number of amides is 1. The third-order valence-corrected chi connectivity index (χ3v) is 4.30. The number of nitrogens with one attached hydrogen (secondary N) is 2. The molecule has 24 heavy (non-hydrogen) atoms. The summed E-state index contributed by atoms with van der Waals surface area (Å²) in [6, 6.07) is 19.9. The van der Waals surface area contributed by atoms with Crippen molar-refractivity contribution in [2.45, 2.75) is 26.8 Å². The van der Waals surface area contributed by atoms with Crippen LogP contribution in [-0.4, -0.2) is 11.9 Å². The molecule has 2 N–H and O–H groups in total. The van der Waals surface area contributed by atoms with Gasteiger partial charge < -0.3 is 10.6 Å². The van der Waals surface area contributed by atoms with Crippen LogP contribution in [0.25, 0.3) is 10.8 Å². The minimum atomic E-state index is -0.321. The number of hydrogen-bond donors (Lipinski definition) is 2. The first-order valence-corrected chi connectivity index (χ1v) is 8.16. The number of carbonyl (C=O) groups excluding carboxylic acids is 1. The van der Waals surface area contributed by atoms with Gasteiger partial charge in [0.2, 0.25) is 5.91 Å². The van der Waals surface area contributed by atoms with E-state index in [1.165, 1.54) is 11.1 Å². The van der Waals surface area contributed by atoms with E-state index in [1.807, 2.05) is 49.4 Å². The van der Waals surface area contributed by atoms with Crippen LogP contribution in [0.15, 0.2) is 60.7 Å². The number of benzene rings is 3. The zero-order chi connectivity index (χ0) is 17.1. The lowest BCUT2D eigenvalue weighted by Crippen LogP contribution is -2.31. The van der Waals surface area contributed by atoms with Gasteiger partial charge in [-0.2, -0.15) is 0 Å². The highest BCUT2D eigenvalue weighted by molar-refractivity contribution is 5.98. The summed E-state index contributed by atoms with van der Waals surface area (Å²) in [5, 5.41) is 8.51. The molecule has 0 aromatic heterocycles. The zero-order valence-electron chi connectivity index (χ0n) is 14.3. The molecule has 0 aliphatic carbocycles. The van der Waals surface area contributed by atoms with Crippen LogP contribution in [0.1, 0.15) is 18.1 Å². The Balaban J connectivity index is 1.69. The maximum Gasteiger partial charge on any atom is 0.246 e. The van der Waals surface area contributed by atoms with Crippen LogP contribution in [0.3, 0.4) is 0 Å². The maximum absolute atomic E-state index is 12.4. The SMILES string of the molecule is Cc1ccc(N[C@H](C)C(=O)Nc2ccc3ccccc3c2)cc1C. The van der Waals surface area contributed by atoms with Crippen molar-refractivity contribution in [2.24, 2.45) is 0 Å². The summed E-state index contributed by atoms with van der Waals surface area (Å²) in [6.07, 6.45) is 0. The minimum Gasteiger partial charge on any atom is -0.374 e. The molecule has 3 heteroatoms. The van der Waals surface area contributed by atoms with Gasteiger partial charge >= 0.3 is 0 Å². The fourth-order valence-electron chi connectivity index (χ4n) is 2.66. The molecule has 3 aromatic carbocycles. The molecular weight excluding hydrogens is 296 g/mol. The van der Waals surface area contributed by atoms with Gasteiger partial charge in [0.05, 0.1) is 0 Å². The van der Waals surface area contributed by atoms with Crippen LogP contribution in [0, 0.1) is 13.8 Å². The molecule has 3 aromatic rings. The molecule has 0 saturated heterocycles. The topological polar surface area (TPSA) is 41.1 Å². The number of carbonyl (C=O) groups is 1. The van der Waals surface area contributed by atoms with Crippen molar-refractivity contribution >= 4 is 28.1 Å². The second-order valence-electron chi connectivity index (χ2n) is 6.22. The predicted octanol–water partition coefficient (Wildman–Crippen LogP) is 4.90. The molecule has 1 atom stereocenters. The van der Waals surface area contributed by atoms with E-state index in [9.17, 15) is 4.79 Å². The van der Waals surface area contributed by atoms with Crippen LogP contribution in [0.4, 0.5) is 11.4 Å². The number of aryl methyl sites for hydroxylation is 2. The standard InChI is InChI=1S/C21H22N2O/c1-14-8-10-19(12-15(14)2)22-16(3)21(24)23-20-11-9-17-6-4-5-7-18(17)13-20/h4-13,16,22H,1-3H3,(H,23,24)/t16-/m1/s1. The Morgan fingerprint density at radius 1 is 0.833 bits per heavy atom. The van der Waals surface area contributed by atoms with Crippen LogP contribution < -0.4 is 10.6 Å². The van der Waals surface area contributed by atoms with E-state index in [4.69, 9.17) is 0 Å². The Morgan fingerprint density at radius 2 is 1.54 bits per heavy atom. The van der Waals surface area contributed by atoms with Crippen molar-refractivity contribution in [1.29, 1.82) is 0 Å². The van der Waals surface area contributed by atoms with Gasteiger partial charge in [0.1, 0.15) is 6.04 Å². The first-order valence-electron chi connectivity index (χ1n) is 8.16. The highest BCUT2D eigenvalue weighted by Gasteiger charge is 2.13. The van der Waals surface area contributed by atoms with E-state index in [-0.39, 0.29) is 11.9 Å². The van der Waals surface area contributed by atoms with Crippen LogP contribution in [-0.2, 0) is 4.79 Å². The largest absolute Gasteiger partial charge is 0.374 e. The Morgan fingerprint density at radius 3 is 2.29 bits per heavy atom. The molecule has 0 aliphatic rings. The van der Waals surface area contributed by atoms with Gasteiger partial charge in [0, 0.05) is 11.4 Å². The van der Waals surface area contributed by atoms with E-state index in [1.54, 1.807) is 0 Å². The molecule has 0 spiro atoms. The Bertz CT molecular complexity index is 886. The van der Waals surface area contributed by atoms with E-state index < -0.39 is 0 Å². The van der Waals surface area contributed by atoms with Crippen LogP contribution in [0.5, 0.6) is 0 Å². The highest BCUT2D eigenvalue weighted by Crippen LogP contribution is 2.19. The van der Waals surface area contributed by atoms with Gasteiger partial charge in [-0.15, -0.1) is 0 Å². The smallest absolute Gasteiger partial charge is 0.246 e. The molecule has 122 valence electrons. The molecule has 0 saturated carbocycles. The molecule has 0 fully saturated rings. The first kappa shape index (κ1) is 16.1. The van der Waals surface area contributed by atoms with Crippen molar-refractivity contribution in [3.63, 3.8) is 0 Å². The number of rotatable bonds is 4. The number of hydrogen-bond acceptors (Lipinski definition) is 2. The summed E-state index contributed by atoms with van der Waals surface area (Å²) in [5.41, 5.74) is 4.22. The lowest BCUT2D eigenvalue weighted by atomic mass is 10.1. The number of anilines is 2. The van der Waals surface area contributed by atoms with E-state index in [2.05, 4.69) is 42.7 Å². The van der Waals surface area contributed by atoms with Crippen molar-refractivity contribution in [3.8, 4) is 0 Å². The van der Waals surface area contributed by atoms with Crippen molar-refractivity contribution < 1.29 is 4.79 Å². The second kappa shape index (κ2) is 6.75. The second-order valence-corrected chi connectivity index (χ2v) is 6.22. The Hall–Kier alpha value is -2.81. The average Bonchev–Trinajstić information content (AvgIpc) is 2.58. The van der Waals surface area contributed by atoms with Crippen molar-refractivity contribution in [2.75, 3.05) is 10.6 Å². The van der Waals surface area contributed by atoms with Gasteiger partial charge in [-0.1, -0.05) is 36.4 Å². The summed E-state index contributed by atoms with van der Waals surface area (Å²) in [6.45, 7) is 6.01.